The molecule has 1 atom stereocenters. The van der Waals surface area contributed by atoms with Crippen LogP contribution in [0, 0.1) is 10.1 Å². The number of benzene rings is 1. The number of nitro benzene ring substituents is 1. The summed E-state index contributed by atoms with van der Waals surface area (Å²) in [6, 6.07) is 4.47. The molecule has 0 spiro atoms. The van der Waals surface area contributed by atoms with E-state index in [4.69, 9.17) is 10.5 Å². The van der Waals surface area contributed by atoms with Crippen molar-refractivity contribution in [1.82, 2.24) is 4.90 Å². The zero-order valence-electron chi connectivity index (χ0n) is 12.3. The molecule has 0 saturated carbocycles. The van der Waals surface area contributed by atoms with Crippen LogP contribution in [0.5, 0.6) is 0 Å². The number of rotatable bonds is 4. The van der Waals surface area contributed by atoms with Crippen LogP contribution in [-0.4, -0.2) is 46.3 Å². The van der Waals surface area contributed by atoms with Crippen LogP contribution in [0.15, 0.2) is 18.2 Å². The molecule has 1 unspecified atom stereocenters. The van der Waals surface area contributed by atoms with Crippen molar-refractivity contribution >= 4 is 11.4 Å². The minimum absolute atomic E-state index is 0.0328. The van der Waals surface area contributed by atoms with Gasteiger partial charge in [-0.3, -0.25) is 15.0 Å². The Hall–Kier alpha value is -1.70. The Morgan fingerprint density at radius 1 is 1.57 bits per heavy atom. The summed E-state index contributed by atoms with van der Waals surface area (Å²) < 4.78 is 5.75. The molecule has 21 heavy (non-hydrogen) atoms. The first-order valence-corrected chi connectivity index (χ1v) is 6.84. The predicted molar refractivity (Wildman–Crippen MR) is 78.8 cm³/mol. The molecule has 116 valence electrons. The van der Waals surface area contributed by atoms with Gasteiger partial charge in [0.2, 0.25) is 0 Å². The molecule has 1 aromatic carbocycles. The summed E-state index contributed by atoms with van der Waals surface area (Å²) in [5.41, 5.74) is 6.82. The standard InChI is InChI=1S/C14H21N3O4/c1-14(2)9-16(7-12(8-18)21-14)6-10-5-11(17(19)20)3-4-13(10)15/h3-5,12,18H,6-9,15H2,1-2H3. The minimum atomic E-state index is -0.428. The van der Waals surface area contributed by atoms with E-state index in [1.807, 2.05) is 13.8 Å². The lowest BCUT2D eigenvalue weighted by atomic mass is 10.0. The first-order chi connectivity index (χ1) is 9.80. The van der Waals surface area contributed by atoms with Crippen molar-refractivity contribution in [2.75, 3.05) is 25.4 Å². The third kappa shape index (κ3) is 3.90. The van der Waals surface area contributed by atoms with Crippen molar-refractivity contribution in [3.8, 4) is 0 Å². The van der Waals surface area contributed by atoms with Crippen LogP contribution in [-0.2, 0) is 11.3 Å². The number of ether oxygens (including phenoxy) is 1. The van der Waals surface area contributed by atoms with Crippen molar-refractivity contribution in [2.45, 2.75) is 32.1 Å². The van der Waals surface area contributed by atoms with Crippen LogP contribution in [0.4, 0.5) is 11.4 Å². The van der Waals surface area contributed by atoms with Crippen molar-refractivity contribution in [2.24, 2.45) is 0 Å². The number of hydrogen-bond donors (Lipinski definition) is 2. The van der Waals surface area contributed by atoms with Gasteiger partial charge in [0.05, 0.1) is 23.2 Å². The van der Waals surface area contributed by atoms with Gasteiger partial charge >= 0.3 is 0 Å². The summed E-state index contributed by atoms with van der Waals surface area (Å²) in [7, 11) is 0. The molecule has 1 heterocycles. The molecule has 0 radical (unpaired) electrons. The zero-order chi connectivity index (χ0) is 15.6. The van der Waals surface area contributed by atoms with Crippen LogP contribution in [0.2, 0.25) is 0 Å². The Kier molecular flexibility index (Phi) is 4.46. The van der Waals surface area contributed by atoms with Gasteiger partial charge in [0, 0.05) is 37.5 Å². The van der Waals surface area contributed by atoms with Gasteiger partial charge in [-0.1, -0.05) is 0 Å². The van der Waals surface area contributed by atoms with E-state index in [0.717, 1.165) is 5.56 Å². The molecule has 0 amide bonds. The van der Waals surface area contributed by atoms with Crippen LogP contribution < -0.4 is 5.73 Å². The average Bonchev–Trinajstić information content (AvgIpc) is 2.39. The van der Waals surface area contributed by atoms with Gasteiger partial charge in [-0.15, -0.1) is 0 Å². The molecule has 7 heteroatoms. The second-order valence-electron chi connectivity index (χ2n) is 5.99. The van der Waals surface area contributed by atoms with E-state index in [1.54, 1.807) is 6.07 Å². The van der Waals surface area contributed by atoms with Crippen molar-refractivity contribution < 1.29 is 14.8 Å². The summed E-state index contributed by atoms with van der Waals surface area (Å²) in [5, 5.41) is 20.2. The number of nitrogens with two attached hydrogens (primary N) is 1. The quantitative estimate of drug-likeness (QED) is 0.491. The molecule has 0 bridgehead atoms. The Labute approximate surface area is 123 Å². The zero-order valence-corrected chi connectivity index (χ0v) is 12.3. The van der Waals surface area contributed by atoms with Gasteiger partial charge < -0.3 is 15.6 Å². The predicted octanol–water partition coefficient (Wildman–Crippen LogP) is 1.15. The Balaban J connectivity index is 2.17. The fourth-order valence-electron chi connectivity index (χ4n) is 2.72. The maximum Gasteiger partial charge on any atom is 0.269 e. The number of nitrogen functional groups attached to an aromatic ring is 1. The third-order valence-corrected chi connectivity index (χ3v) is 3.49. The number of anilines is 1. The van der Waals surface area contributed by atoms with Gasteiger partial charge in [-0.05, 0) is 25.5 Å². The topological polar surface area (TPSA) is 102 Å². The lowest BCUT2D eigenvalue weighted by Crippen LogP contribution is -2.53. The summed E-state index contributed by atoms with van der Waals surface area (Å²) in [5.74, 6) is 0. The lowest BCUT2D eigenvalue weighted by molar-refractivity contribution is -0.384. The number of hydrogen-bond acceptors (Lipinski definition) is 6. The monoisotopic (exact) mass is 295 g/mol. The number of aliphatic hydroxyl groups is 1. The van der Waals surface area contributed by atoms with E-state index >= 15 is 0 Å². The van der Waals surface area contributed by atoms with Gasteiger partial charge in [0.25, 0.3) is 5.69 Å². The highest BCUT2D eigenvalue weighted by Gasteiger charge is 2.33. The van der Waals surface area contributed by atoms with Crippen molar-refractivity contribution in [3.63, 3.8) is 0 Å². The van der Waals surface area contributed by atoms with E-state index in [2.05, 4.69) is 4.90 Å². The Morgan fingerprint density at radius 3 is 2.90 bits per heavy atom. The maximum atomic E-state index is 10.9. The molecule has 1 aromatic rings. The largest absolute Gasteiger partial charge is 0.398 e. The van der Waals surface area contributed by atoms with Crippen LogP contribution in [0.1, 0.15) is 19.4 Å². The van der Waals surface area contributed by atoms with E-state index in [-0.39, 0.29) is 24.0 Å². The molecule has 1 aliphatic rings. The normalized spacial score (nSPS) is 22.1. The summed E-state index contributed by atoms with van der Waals surface area (Å²) >= 11 is 0. The molecule has 3 N–H and O–H groups in total. The summed E-state index contributed by atoms with van der Waals surface area (Å²) in [6.07, 6.45) is -0.256. The molecular weight excluding hydrogens is 274 g/mol. The van der Waals surface area contributed by atoms with Gasteiger partial charge in [0.1, 0.15) is 0 Å². The van der Waals surface area contributed by atoms with Crippen LogP contribution >= 0.6 is 0 Å². The number of aliphatic hydroxyl groups excluding tert-OH is 1. The number of nitro groups is 1. The smallest absolute Gasteiger partial charge is 0.269 e. The van der Waals surface area contributed by atoms with Crippen LogP contribution in [0.3, 0.4) is 0 Å². The SMILES string of the molecule is CC1(C)CN(Cc2cc([N+](=O)[O-])ccc2N)CC(CO)O1. The van der Waals surface area contributed by atoms with E-state index in [0.29, 0.717) is 25.3 Å². The molecule has 2 rings (SSSR count). The first kappa shape index (κ1) is 15.7. The molecule has 1 aliphatic heterocycles. The van der Waals surface area contributed by atoms with E-state index in [1.165, 1.54) is 12.1 Å². The molecular formula is C14H21N3O4. The van der Waals surface area contributed by atoms with E-state index < -0.39 is 4.92 Å². The Morgan fingerprint density at radius 2 is 2.29 bits per heavy atom. The second kappa shape index (κ2) is 5.97. The lowest BCUT2D eigenvalue weighted by Gasteiger charge is -2.42. The van der Waals surface area contributed by atoms with Gasteiger partial charge in [0.15, 0.2) is 0 Å². The maximum absolute atomic E-state index is 10.9. The third-order valence-electron chi connectivity index (χ3n) is 3.49. The fourth-order valence-corrected chi connectivity index (χ4v) is 2.72. The summed E-state index contributed by atoms with van der Waals surface area (Å²) in [4.78, 5) is 12.5. The van der Waals surface area contributed by atoms with Crippen molar-refractivity contribution in [1.29, 1.82) is 0 Å². The molecule has 1 fully saturated rings. The Bertz CT molecular complexity index is 533. The number of nitrogens with zero attached hydrogens (tertiary/aromatic N) is 2. The van der Waals surface area contributed by atoms with Crippen LogP contribution in [0.25, 0.3) is 0 Å². The number of non-ortho nitro benzene ring substituents is 1. The summed E-state index contributed by atoms with van der Waals surface area (Å²) in [6.45, 7) is 5.60. The molecule has 1 saturated heterocycles. The second-order valence-corrected chi connectivity index (χ2v) is 5.99. The first-order valence-electron chi connectivity index (χ1n) is 6.84. The number of morpholine rings is 1. The average molecular weight is 295 g/mol. The minimum Gasteiger partial charge on any atom is -0.398 e. The van der Waals surface area contributed by atoms with E-state index in [9.17, 15) is 15.2 Å². The van der Waals surface area contributed by atoms with Gasteiger partial charge in [-0.25, -0.2) is 0 Å². The molecule has 0 aliphatic carbocycles. The molecule has 0 aromatic heterocycles. The highest BCUT2D eigenvalue weighted by Crippen LogP contribution is 2.25. The van der Waals surface area contributed by atoms with Gasteiger partial charge in [-0.2, -0.15) is 0 Å². The van der Waals surface area contributed by atoms with Crippen molar-refractivity contribution in [3.05, 3.63) is 33.9 Å². The highest BCUT2D eigenvalue weighted by atomic mass is 16.6. The fraction of sp³-hybridized carbons (Fsp3) is 0.571. The molecule has 7 nitrogen and oxygen atoms in total. The highest BCUT2D eigenvalue weighted by molar-refractivity contribution is 5.52.